The molecule has 0 bridgehead atoms. The number of benzene rings is 2. The third kappa shape index (κ3) is 2.91. The van der Waals surface area contributed by atoms with Crippen LogP contribution in [-0.4, -0.2) is 32.9 Å². The normalized spacial score (nSPS) is 15.9. The smallest absolute Gasteiger partial charge is 0.314 e. The van der Waals surface area contributed by atoms with Crippen molar-refractivity contribution in [2.24, 2.45) is 12.1 Å². The molecular weight excluding hydrogens is 366 g/mol. The van der Waals surface area contributed by atoms with Crippen LogP contribution in [0.2, 0.25) is 0 Å². The number of aryl methyl sites for hydroxylation is 2. The maximum Gasteiger partial charge on any atom is 0.346 e. The lowest BCUT2D eigenvalue weighted by molar-refractivity contribution is -0.130. The van der Waals surface area contributed by atoms with Crippen molar-refractivity contribution in [1.82, 2.24) is 20.1 Å². The Kier molecular flexibility index (Phi) is 4.50. The first-order valence-corrected chi connectivity index (χ1v) is 9.27. The van der Waals surface area contributed by atoms with Gasteiger partial charge < -0.3 is 5.32 Å². The van der Waals surface area contributed by atoms with E-state index in [2.05, 4.69) is 15.5 Å². The minimum atomic E-state index is -1.32. The molecule has 7 nitrogen and oxygen atoms in total. The number of carbonyl (C=O) groups is 2. The molecule has 1 saturated heterocycles. The van der Waals surface area contributed by atoms with Gasteiger partial charge in [0.1, 0.15) is 0 Å². The van der Waals surface area contributed by atoms with E-state index < -0.39 is 17.5 Å². The number of amides is 3. The summed E-state index contributed by atoms with van der Waals surface area (Å²) in [6, 6.07) is 17.8. The molecule has 0 unspecified atom stereocenters. The second kappa shape index (κ2) is 7.01. The van der Waals surface area contributed by atoms with Crippen molar-refractivity contribution in [2.75, 3.05) is 0 Å². The number of imide groups is 1. The summed E-state index contributed by atoms with van der Waals surface area (Å²) < 4.78 is 1.74. The van der Waals surface area contributed by atoms with E-state index in [9.17, 15) is 9.59 Å². The first kappa shape index (κ1) is 18.6. The summed E-state index contributed by atoms with van der Waals surface area (Å²) in [6.07, 6.45) is 1.52. The summed E-state index contributed by atoms with van der Waals surface area (Å²) in [5, 5.41) is 12.3. The number of rotatable bonds is 4. The highest BCUT2D eigenvalue weighted by Gasteiger charge is 2.54. The quantitative estimate of drug-likeness (QED) is 0.552. The first-order chi connectivity index (χ1) is 13.9. The number of nitrogens with one attached hydrogen (secondary N) is 1. The van der Waals surface area contributed by atoms with Crippen LogP contribution in [0.3, 0.4) is 0 Å². The Hall–Kier alpha value is -3.74. The first-order valence-electron chi connectivity index (χ1n) is 9.27. The molecule has 1 aromatic heterocycles. The fourth-order valence-electron chi connectivity index (χ4n) is 3.65. The fraction of sp³-hybridized carbons (Fsp3) is 0.182. The Balaban J connectivity index is 1.79. The van der Waals surface area contributed by atoms with Crippen LogP contribution in [0.15, 0.2) is 65.8 Å². The molecule has 146 valence electrons. The van der Waals surface area contributed by atoms with Gasteiger partial charge in [0.25, 0.3) is 5.91 Å². The SMILES string of the molecule is Cc1nn(C)c(C)c1/C=N\N1C(=O)NC(c2ccccc2)(c2ccccc2)C1=O. The van der Waals surface area contributed by atoms with Gasteiger partial charge in [0.15, 0.2) is 5.54 Å². The maximum atomic E-state index is 13.5. The van der Waals surface area contributed by atoms with Crippen LogP contribution in [-0.2, 0) is 17.4 Å². The van der Waals surface area contributed by atoms with Gasteiger partial charge >= 0.3 is 6.03 Å². The summed E-state index contributed by atoms with van der Waals surface area (Å²) in [6.45, 7) is 3.77. The summed E-state index contributed by atoms with van der Waals surface area (Å²) in [5.74, 6) is -0.449. The zero-order valence-electron chi connectivity index (χ0n) is 16.5. The molecule has 1 aliphatic heterocycles. The zero-order valence-corrected chi connectivity index (χ0v) is 16.5. The Labute approximate surface area is 168 Å². The van der Waals surface area contributed by atoms with Gasteiger partial charge in [-0.15, -0.1) is 5.01 Å². The second-order valence-electron chi connectivity index (χ2n) is 6.98. The fourth-order valence-corrected chi connectivity index (χ4v) is 3.65. The van der Waals surface area contributed by atoms with Crippen LogP contribution in [0.4, 0.5) is 4.79 Å². The lowest BCUT2D eigenvalue weighted by Gasteiger charge is -2.27. The molecule has 1 N–H and O–H groups in total. The lowest BCUT2D eigenvalue weighted by Crippen LogP contribution is -2.44. The highest BCUT2D eigenvalue weighted by atomic mass is 16.2. The van der Waals surface area contributed by atoms with Crippen LogP contribution >= 0.6 is 0 Å². The molecule has 0 radical (unpaired) electrons. The van der Waals surface area contributed by atoms with Crippen molar-refractivity contribution in [1.29, 1.82) is 0 Å². The Morgan fingerprint density at radius 1 is 0.966 bits per heavy atom. The van der Waals surface area contributed by atoms with Gasteiger partial charge in [0, 0.05) is 18.3 Å². The van der Waals surface area contributed by atoms with Crippen molar-refractivity contribution in [3.05, 3.63) is 88.7 Å². The highest BCUT2D eigenvalue weighted by Crippen LogP contribution is 2.36. The van der Waals surface area contributed by atoms with E-state index in [1.807, 2.05) is 81.6 Å². The van der Waals surface area contributed by atoms with Gasteiger partial charge in [0.2, 0.25) is 0 Å². The van der Waals surface area contributed by atoms with E-state index in [0.29, 0.717) is 11.1 Å². The van der Waals surface area contributed by atoms with Crippen molar-refractivity contribution >= 4 is 18.2 Å². The predicted molar refractivity (Wildman–Crippen MR) is 109 cm³/mol. The van der Waals surface area contributed by atoms with Crippen molar-refractivity contribution < 1.29 is 9.59 Å². The third-order valence-electron chi connectivity index (χ3n) is 5.28. The van der Waals surface area contributed by atoms with E-state index in [0.717, 1.165) is 22.0 Å². The number of carbonyl (C=O) groups excluding carboxylic acids is 2. The molecule has 0 atom stereocenters. The molecule has 3 aromatic rings. The van der Waals surface area contributed by atoms with Crippen LogP contribution < -0.4 is 5.32 Å². The van der Waals surface area contributed by atoms with E-state index in [1.54, 1.807) is 4.68 Å². The largest absolute Gasteiger partial charge is 0.346 e. The Morgan fingerprint density at radius 3 is 2.00 bits per heavy atom. The maximum absolute atomic E-state index is 13.5. The number of aromatic nitrogens is 2. The Bertz CT molecular complexity index is 1060. The van der Waals surface area contributed by atoms with Gasteiger partial charge in [-0.05, 0) is 25.0 Å². The number of nitrogens with zero attached hydrogens (tertiary/aromatic N) is 4. The molecule has 0 aliphatic carbocycles. The topological polar surface area (TPSA) is 79.6 Å². The lowest BCUT2D eigenvalue weighted by atomic mass is 9.83. The molecule has 29 heavy (non-hydrogen) atoms. The highest BCUT2D eigenvalue weighted by molar-refractivity contribution is 6.10. The monoisotopic (exact) mass is 387 g/mol. The second-order valence-corrected chi connectivity index (χ2v) is 6.98. The number of hydrazone groups is 1. The van der Waals surface area contributed by atoms with Gasteiger partial charge in [-0.3, -0.25) is 9.48 Å². The Morgan fingerprint density at radius 2 is 1.52 bits per heavy atom. The van der Waals surface area contributed by atoms with Gasteiger partial charge in [-0.2, -0.15) is 10.2 Å². The van der Waals surface area contributed by atoms with Gasteiger partial charge in [0.05, 0.1) is 11.9 Å². The molecule has 1 fully saturated rings. The summed E-state index contributed by atoms with van der Waals surface area (Å²) in [4.78, 5) is 26.3. The van der Waals surface area contributed by atoms with Gasteiger partial charge in [-0.1, -0.05) is 60.7 Å². The van der Waals surface area contributed by atoms with Crippen molar-refractivity contribution in [3.8, 4) is 0 Å². The molecule has 1 aliphatic rings. The third-order valence-corrected chi connectivity index (χ3v) is 5.28. The van der Waals surface area contributed by atoms with Crippen LogP contribution in [0.25, 0.3) is 0 Å². The van der Waals surface area contributed by atoms with E-state index in [-0.39, 0.29) is 0 Å². The van der Waals surface area contributed by atoms with Gasteiger partial charge in [-0.25, -0.2) is 4.79 Å². The standard InChI is InChI=1S/C22H21N5O2/c1-15-19(16(2)26(3)25-15)14-23-27-20(28)22(24-21(27)29,17-10-6-4-7-11-17)18-12-8-5-9-13-18/h4-14H,1-3H3,(H,24,29)/b23-14-. The minimum absolute atomic E-state index is 0.449. The molecule has 0 saturated carbocycles. The molecule has 2 heterocycles. The molecule has 4 rings (SSSR count). The van der Waals surface area contributed by atoms with Crippen molar-refractivity contribution in [3.63, 3.8) is 0 Å². The molecule has 2 aromatic carbocycles. The average Bonchev–Trinajstić information content (AvgIpc) is 3.14. The molecular formula is C22H21N5O2. The van der Waals surface area contributed by atoms with Crippen LogP contribution in [0.1, 0.15) is 28.1 Å². The van der Waals surface area contributed by atoms with E-state index in [1.165, 1.54) is 6.21 Å². The molecule has 7 heteroatoms. The van der Waals surface area contributed by atoms with Crippen molar-refractivity contribution in [2.45, 2.75) is 19.4 Å². The molecule has 3 amide bonds. The average molecular weight is 387 g/mol. The van der Waals surface area contributed by atoms with E-state index in [4.69, 9.17) is 0 Å². The number of urea groups is 1. The number of hydrogen-bond donors (Lipinski definition) is 1. The summed E-state index contributed by atoms with van der Waals surface area (Å²) >= 11 is 0. The predicted octanol–water partition coefficient (Wildman–Crippen LogP) is 2.87. The number of hydrogen-bond acceptors (Lipinski definition) is 4. The zero-order chi connectivity index (χ0) is 20.6. The van der Waals surface area contributed by atoms with Crippen LogP contribution in [0.5, 0.6) is 0 Å². The summed E-state index contributed by atoms with van der Waals surface area (Å²) in [5.41, 5.74) is 2.49. The van der Waals surface area contributed by atoms with E-state index >= 15 is 0 Å². The minimum Gasteiger partial charge on any atom is -0.314 e. The molecule has 0 spiro atoms. The summed E-state index contributed by atoms with van der Waals surface area (Å²) in [7, 11) is 1.84. The van der Waals surface area contributed by atoms with Crippen LogP contribution in [0, 0.1) is 13.8 Å².